The van der Waals surface area contributed by atoms with Crippen molar-refractivity contribution < 1.29 is 4.79 Å². The molecule has 0 aromatic carbocycles. The van der Waals surface area contributed by atoms with E-state index in [9.17, 15) is 4.79 Å². The number of amides is 1. The molecule has 5 nitrogen and oxygen atoms in total. The van der Waals surface area contributed by atoms with E-state index in [1.807, 2.05) is 19.1 Å². The van der Waals surface area contributed by atoms with Gasteiger partial charge < -0.3 is 11.1 Å². The molecule has 0 aliphatic heterocycles. The lowest BCUT2D eigenvalue weighted by Crippen LogP contribution is -2.26. The van der Waals surface area contributed by atoms with Crippen LogP contribution in [0.2, 0.25) is 4.34 Å². The smallest absolute Gasteiger partial charge is 0.273 e. The first kappa shape index (κ1) is 13.9. The Bertz CT molecular complexity index is 578. The van der Waals surface area contributed by atoms with E-state index in [4.69, 9.17) is 17.3 Å². The van der Waals surface area contributed by atoms with Gasteiger partial charge in [-0.05, 0) is 25.5 Å². The van der Waals surface area contributed by atoms with Crippen molar-refractivity contribution in [3.63, 3.8) is 0 Å². The van der Waals surface area contributed by atoms with Gasteiger partial charge in [-0.1, -0.05) is 11.6 Å². The summed E-state index contributed by atoms with van der Waals surface area (Å²) in [7, 11) is 0. The number of nitrogens with one attached hydrogen (secondary N) is 1. The number of nitrogens with two attached hydrogens (primary N) is 1. The highest BCUT2D eigenvalue weighted by molar-refractivity contribution is 7.16. The van der Waals surface area contributed by atoms with Gasteiger partial charge in [0.25, 0.3) is 5.91 Å². The van der Waals surface area contributed by atoms with Gasteiger partial charge in [-0.2, -0.15) is 5.10 Å². The minimum absolute atomic E-state index is 0.243. The first-order valence-corrected chi connectivity index (χ1v) is 7.15. The van der Waals surface area contributed by atoms with Crippen molar-refractivity contribution in [3.05, 3.63) is 33.2 Å². The van der Waals surface area contributed by atoms with Gasteiger partial charge in [0.05, 0.1) is 10.0 Å². The molecule has 2 aromatic heterocycles. The molecule has 7 heteroatoms. The van der Waals surface area contributed by atoms with Crippen LogP contribution in [0.25, 0.3) is 0 Å². The molecule has 3 N–H and O–H groups in total. The summed E-state index contributed by atoms with van der Waals surface area (Å²) >= 11 is 7.35. The van der Waals surface area contributed by atoms with Crippen molar-refractivity contribution in [1.82, 2.24) is 15.1 Å². The number of hydrogen-bond acceptors (Lipinski definition) is 4. The summed E-state index contributed by atoms with van der Waals surface area (Å²) < 4.78 is 2.40. The SMILES string of the molecule is CCn1cc(N)c(C(=O)NCCc2ccc(Cl)s2)n1. The fourth-order valence-corrected chi connectivity index (χ4v) is 2.73. The summed E-state index contributed by atoms with van der Waals surface area (Å²) in [4.78, 5) is 13.0. The second kappa shape index (κ2) is 6.08. The molecule has 2 aromatic rings. The molecular weight excluding hydrogens is 284 g/mol. The Morgan fingerprint density at radius 3 is 2.95 bits per heavy atom. The van der Waals surface area contributed by atoms with Crippen molar-refractivity contribution >= 4 is 34.5 Å². The lowest BCUT2D eigenvalue weighted by Gasteiger charge is -2.02. The molecule has 102 valence electrons. The number of carbonyl (C=O) groups excluding carboxylic acids is 1. The lowest BCUT2D eigenvalue weighted by atomic mass is 10.3. The highest BCUT2D eigenvalue weighted by Crippen LogP contribution is 2.21. The molecule has 0 spiro atoms. The number of hydrogen-bond donors (Lipinski definition) is 2. The van der Waals surface area contributed by atoms with Crippen LogP contribution in [0.15, 0.2) is 18.3 Å². The van der Waals surface area contributed by atoms with Crippen molar-refractivity contribution in [2.75, 3.05) is 12.3 Å². The molecule has 1 amide bonds. The van der Waals surface area contributed by atoms with Crippen molar-refractivity contribution in [1.29, 1.82) is 0 Å². The standard InChI is InChI=1S/C12H15ClN4OS/c1-2-17-7-9(14)11(16-17)12(18)15-6-5-8-3-4-10(13)19-8/h3-4,7H,2,5-6,14H2,1H3,(H,15,18). The summed E-state index contributed by atoms with van der Waals surface area (Å²) in [6.07, 6.45) is 2.41. The van der Waals surface area contributed by atoms with E-state index in [1.54, 1.807) is 10.9 Å². The van der Waals surface area contributed by atoms with E-state index >= 15 is 0 Å². The lowest BCUT2D eigenvalue weighted by molar-refractivity contribution is 0.0949. The van der Waals surface area contributed by atoms with Crippen LogP contribution in [0.1, 0.15) is 22.3 Å². The Kier molecular flexibility index (Phi) is 4.44. The quantitative estimate of drug-likeness (QED) is 0.888. The Morgan fingerprint density at radius 2 is 2.37 bits per heavy atom. The molecule has 0 unspecified atom stereocenters. The Hall–Kier alpha value is -1.53. The van der Waals surface area contributed by atoms with E-state index in [0.29, 0.717) is 18.8 Å². The average molecular weight is 299 g/mol. The van der Waals surface area contributed by atoms with Crippen LogP contribution in [-0.2, 0) is 13.0 Å². The monoisotopic (exact) mass is 298 g/mol. The minimum Gasteiger partial charge on any atom is -0.396 e. The van der Waals surface area contributed by atoms with E-state index < -0.39 is 0 Å². The molecule has 0 bridgehead atoms. The number of carbonyl (C=O) groups is 1. The van der Waals surface area contributed by atoms with E-state index in [2.05, 4.69) is 10.4 Å². The number of aromatic nitrogens is 2. The summed E-state index contributed by atoms with van der Waals surface area (Å²) in [6, 6.07) is 3.81. The van der Waals surface area contributed by atoms with Gasteiger partial charge in [-0.15, -0.1) is 11.3 Å². The first-order chi connectivity index (χ1) is 9.10. The fourth-order valence-electron chi connectivity index (χ4n) is 1.64. The van der Waals surface area contributed by atoms with Crippen LogP contribution in [0.3, 0.4) is 0 Å². The predicted octanol–water partition coefficient (Wildman–Crippen LogP) is 2.17. The summed E-state index contributed by atoms with van der Waals surface area (Å²) in [5, 5.41) is 6.92. The van der Waals surface area contributed by atoms with Crippen LogP contribution in [0.4, 0.5) is 5.69 Å². The Labute approximate surface area is 120 Å². The zero-order valence-corrected chi connectivity index (χ0v) is 12.1. The molecule has 0 atom stereocenters. The molecule has 0 fully saturated rings. The summed E-state index contributed by atoms with van der Waals surface area (Å²) in [6.45, 7) is 3.16. The number of halogens is 1. The Balaban J connectivity index is 1.88. The largest absolute Gasteiger partial charge is 0.396 e. The molecule has 0 saturated heterocycles. The maximum Gasteiger partial charge on any atom is 0.273 e. The van der Waals surface area contributed by atoms with Gasteiger partial charge in [-0.3, -0.25) is 9.48 Å². The number of aryl methyl sites for hydroxylation is 1. The molecular formula is C12H15ClN4OS. The van der Waals surface area contributed by atoms with Crippen molar-refractivity contribution in [3.8, 4) is 0 Å². The number of nitrogen functional groups attached to an aromatic ring is 1. The second-order valence-corrected chi connectivity index (χ2v) is 5.80. The maximum atomic E-state index is 11.9. The van der Waals surface area contributed by atoms with Gasteiger partial charge in [0, 0.05) is 24.2 Å². The average Bonchev–Trinajstić information content (AvgIpc) is 2.95. The van der Waals surface area contributed by atoms with Crippen molar-refractivity contribution in [2.45, 2.75) is 19.9 Å². The molecule has 0 aliphatic carbocycles. The first-order valence-electron chi connectivity index (χ1n) is 5.95. The van der Waals surface area contributed by atoms with Gasteiger partial charge in [0.15, 0.2) is 5.69 Å². The van der Waals surface area contributed by atoms with Gasteiger partial charge in [0.1, 0.15) is 0 Å². The van der Waals surface area contributed by atoms with E-state index in [-0.39, 0.29) is 11.6 Å². The van der Waals surface area contributed by atoms with Crippen LogP contribution in [0, 0.1) is 0 Å². The van der Waals surface area contributed by atoms with Crippen LogP contribution in [-0.4, -0.2) is 22.2 Å². The van der Waals surface area contributed by atoms with Gasteiger partial charge in [-0.25, -0.2) is 0 Å². The van der Waals surface area contributed by atoms with Crippen LogP contribution >= 0.6 is 22.9 Å². The molecule has 0 saturated carbocycles. The number of nitrogens with zero attached hydrogens (tertiary/aromatic N) is 2. The molecule has 0 radical (unpaired) electrons. The summed E-state index contributed by atoms with van der Waals surface area (Å²) in [5.74, 6) is -0.243. The minimum atomic E-state index is -0.243. The highest BCUT2D eigenvalue weighted by Gasteiger charge is 2.13. The van der Waals surface area contributed by atoms with Crippen molar-refractivity contribution in [2.24, 2.45) is 0 Å². The fraction of sp³-hybridized carbons (Fsp3) is 0.333. The zero-order valence-electron chi connectivity index (χ0n) is 10.5. The molecule has 19 heavy (non-hydrogen) atoms. The Morgan fingerprint density at radius 1 is 1.58 bits per heavy atom. The highest BCUT2D eigenvalue weighted by atomic mass is 35.5. The third kappa shape index (κ3) is 3.48. The number of anilines is 1. The number of rotatable bonds is 5. The zero-order chi connectivity index (χ0) is 13.8. The van der Waals surface area contributed by atoms with E-state index in [1.165, 1.54) is 11.3 Å². The predicted molar refractivity (Wildman–Crippen MR) is 77.7 cm³/mol. The normalized spacial score (nSPS) is 10.6. The van der Waals surface area contributed by atoms with Gasteiger partial charge >= 0.3 is 0 Å². The van der Waals surface area contributed by atoms with E-state index in [0.717, 1.165) is 15.6 Å². The molecule has 0 aliphatic rings. The van der Waals surface area contributed by atoms with Crippen LogP contribution < -0.4 is 11.1 Å². The summed E-state index contributed by atoms with van der Waals surface area (Å²) in [5.41, 5.74) is 6.43. The van der Waals surface area contributed by atoms with Crippen LogP contribution in [0.5, 0.6) is 0 Å². The number of thiophene rings is 1. The third-order valence-electron chi connectivity index (χ3n) is 2.61. The third-order valence-corrected chi connectivity index (χ3v) is 3.91. The molecule has 2 rings (SSSR count). The maximum absolute atomic E-state index is 11.9. The van der Waals surface area contributed by atoms with Gasteiger partial charge in [0.2, 0.25) is 0 Å². The molecule has 2 heterocycles. The second-order valence-electron chi connectivity index (χ2n) is 4.00. The topological polar surface area (TPSA) is 72.9 Å².